The molecule has 0 aromatic rings. The lowest BCUT2D eigenvalue weighted by Gasteiger charge is -2.34. The van der Waals surface area contributed by atoms with Crippen molar-refractivity contribution in [2.24, 2.45) is 0 Å². The van der Waals surface area contributed by atoms with Crippen molar-refractivity contribution in [3.8, 4) is 6.07 Å². The highest BCUT2D eigenvalue weighted by Gasteiger charge is 2.28. The second-order valence-electron chi connectivity index (χ2n) is 5.14. The van der Waals surface area contributed by atoms with Crippen molar-refractivity contribution in [2.75, 3.05) is 19.6 Å². The van der Waals surface area contributed by atoms with Gasteiger partial charge in [-0.1, -0.05) is 19.8 Å². The molecule has 1 N–H and O–H groups in total. The van der Waals surface area contributed by atoms with E-state index in [-0.39, 0.29) is 0 Å². The number of nitrogens with one attached hydrogen (secondary N) is 1. The summed E-state index contributed by atoms with van der Waals surface area (Å²) in [4.78, 5) is 2.47. The average Bonchev–Trinajstić information content (AvgIpc) is 2.45. The third-order valence-corrected chi connectivity index (χ3v) is 3.52. The van der Waals surface area contributed by atoms with Gasteiger partial charge in [0.15, 0.2) is 0 Å². The summed E-state index contributed by atoms with van der Waals surface area (Å²) < 4.78 is 0. The number of hydrogen-bond acceptors (Lipinski definition) is 3. The third kappa shape index (κ3) is 3.77. The Morgan fingerprint density at radius 2 is 2.19 bits per heavy atom. The fourth-order valence-electron chi connectivity index (χ4n) is 2.50. The SMILES string of the molecule is CCNC(C)(C#N)CN1CCCCCC1C. The molecule has 1 saturated heterocycles. The zero-order valence-corrected chi connectivity index (χ0v) is 10.9. The van der Waals surface area contributed by atoms with Crippen LogP contribution in [0, 0.1) is 11.3 Å². The van der Waals surface area contributed by atoms with Gasteiger partial charge in [0.1, 0.15) is 5.54 Å². The minimum atomic E-state index is -0.395. The molecule has 92 valence electrons. The van der Waals surface area contributed by atoms with Crippen LogP contribution in [0.15, 0.2) is 0 Å². The Morgan fingerprint density at radius 3 is 2.81 bits per heavy atom. The molecule has 0 bridgehead atoms. The van der Waals surface area contributed by atoms with E-state index in [2.05, 4.69) is 30.1 Å². The fraction of sp³-hybridized carbons (Fsp3) is 0.923. The van der Waals surface area contributed by atoms with Crippen LogP contribution in [0.3, 0.4) is 0 Å². The molecule has 1 heterocycles. The summed E-state index contributed by atoms with van der Waals surface area (Å²) in [6.07, 6.45) is 5.22. The van der Waals surface area contributed by atoms with Gasteiger partial charge in [0.25, 0.3) is 0 Å². The first-order valence-electron chi connectivity index (χ1n) is 6.51. The maximum atomic E-state index is 9.26. The van der Waals surface area contributed by atoms with Crippen LogP contribution in [0.4, 0.5) is 0 Å². The molecular formula is C13H25N3. The number of nitrogens with zero attached hydrogens (tertiary/aromatic N) is 2. The number of likely N-dealkylation sites (tertiary alicyclic amines) is 1. The van der Waals surface area contributed by atoms with Gasteiger partial charge in [-0.25, -0.2) is 0 Å². The topological polar surface area (TPSA) is 39.1 Å². The summed E-state index contributed by atoms with van der Waals surface area (Å²) in [5.74, 6) is 0. The number of rotatable bonds is 4. The molecule has 16 heavy (non-hydrogen) atoms. The minimum Gasteiger partial charge on any atom is -0.299 e. The van der Waals surface area contributed by atoms with Gasteiger partial charge in [0, 0.05) is 12.6 Å². The average molecular weight is 223 g/mol. The van der Waals surface area contributed by atoms with Crippen LogP contribution < -0.4 is 5.32 Å². The Hall–Kier alpha value is -0.590. The molecule has 0 amide bonds. The van der Waals surface area contributed by atoms with E-state index in [1.165, 1.54) is 25.7 Å². The minimum absolute atomic E-state index is 0.395. The maximum absolute atomic E-state index is 9.26. The van der Waals surface area contributed by atoms with Crippen LogP contribution in [-0.2, 0) is 0 Å². The van der Waals surface area contributed by atoms with E-state index in [9.17, 15) is 5.26 Å². The van der Waals surface area contributed by atoms with Crippen molar-refractivity contribution < 1.29 is 0 Å². The van der Waals surface area contributed by atoms with Crippen molar-refractivity contribution in [3.05, 3.63) is 0 Å². The molecule has 2 atom stereocenters. The summed E-state index contributed by atoms with van der Waals surface area (Å²) >= 11 is 0. The van der Waals surface area contributed by atoms with Gasteiger partial charge < -0.3 is 0 Å². The van der Waals surface area contributed by atoms with Gasteiger partial charge in [0.2, 0.25) is 0 Å². The molecular weight excluding hydrogens is 198 g/mol. The number of hydrogen-bond donors (Lipinski definition) is 1. The van der Waals surface area contributed by atoms with E-state index in [0.717, 1.165) is 19.6 Å². The normalized spacial score (nSPS) is 26.8. The van der Waals surface area contributed by atoms with Gasteiger partial charge in [-0.15, -0.1) is 0 Å². The second-order valence-corrected chi connectivity index (χ2v) is 5.14. The highest BCUT2D eigenvalue weighted by Crippen LogP contribution is 2.18. The largest absolute Gasteiger partial charge is 0.299 e. The molecule has 1 aliphatic heterocycles. The molecule has 1 aliphatic rings. The summed E-state index contributed by atoms with van der Waals surface area (Å²) in [5, 5.41) is 12.6. The first-order valence-corrected chi connectivity index (χ1v) is 6.51. The van der Waals surface area contributed by atoms with E-state index >= 15 is 0 Å². The molecule has 0 spiro atoms. The Labute approximate surface area is 99.8 Å². The number of nitriles is 1. The standard InChI is InChI=1S/C13H25N3/c1-4-15-13(3,10-14)11-16-9-7-5-6-8-12(16)2/h12,15H,4-9,11H2,1-3H3. The van der Waals surface area contributed by atoms with E-state index in [1.54, 1.807) is 0 Å². The molecule has 2 unspecified atom stereocenters. The summed E-state index contributed by atoms with van der Waals surface area (Å²) in [6, 6.07) is 3.03. The van der Waals surface area contributed by atoms with Gasteiger partial charge in [-0.2, -0.15) is 5.26 Å². The first-order chi connectivity index (χ1) is 7.61. The fourth-order valence-corrected chi connectivity index (χ4v) is 2.50. The Kier molecular flexibility index (Phi) is 5.24. The van der Waals surface area contributed by atoms with Gasteiger partial charge in [-0.05, 0) is 39.8 Å². The van der Waals surface area contributed by atoms with Gasteiger partial charge >= 0.3 is 0 Å². The van der Waals surface area contributed by atoms with E-state index in [0.29, 0.717) is 6.04 Å². The Balaban J connectivity index is 2.58. The molecule has 3 nitrogen and oxygen atoms in total. The van der Waals surface area contributed by atoms with Crippen LogP contribution >= 0.6 is 0 Å². The highest BCUT2D eigenvalue weighted by molar-refractivity contribution is 5.06. The van der Waals surface area contributed by atoms with Crippen molar-refractivity contribution in [1.29, 1.82) is 5.26 Å². The first kappa shape index (κ1) is 13.5. The van der Waals surface area contributed by atoms with Gasteiger partial charge in [0.05, 0.1) is 6.07 Å². The molecule has 0 aliphatic carbocycles. The monoisotopic (exact) mass is 223 g/mol. The zero-order chi connectivity index (χ0) is 12.0. The molecule has 3 heteroatoms. The zero-order valence-electron chi connectivity index (χ0n) is 10.9. The summed E-state index contributed by atoms with van der Waals surface area (Å²) in [6.45, 7) is 9.19. The predicted octanol–water partition coefficient (Wildman–Crippen LogP) is 2.14. The van der Waals surface area contributed by atoms with E-state index < -0.39 is 5.54 Å². The Bertz CT molecular complexity index is 246. The van der Waals surface area contributed by atoms with Crippen molar-refractivity contribution in [3.63, 3.8) is 0 Å². The van der Waals surface area contributed by atoms with Crippen molar-refractivity contribution in [2.45, 2.75) is 58.0 Å². The highest BCUT2D eigenvalue weighted by atomic mass is 15.2. The molecule has 0 aromatic heterocycles. The van der Waals surface area contributed by atoms with Crippen molar-refractivity contribution >= 4 is 0 Å². The van der Waals surface area contributed by atoms with Crippen LogP contribution in [0.25, 0.3) is 0 Å². The summed E-state index contributed by atoms with van der Waals surface area (Å²) in [7, 11) is 0. The van der Waals surface area contributed by atoms with Crippen LogP contribution in [0.1, 0.15) is 46.5 Å². The van der Waals surface area contributed by atoms with Crippen LogP contribution in [0.2, 0.25) is 0 Å². The molecule has 0 aromatic carbocycles. The molecule has 0 saturated carbocycles. The predicted molar refractivity (Wildman–Crippen MR) is 67.2 cm³/mol. The Morgan fingerprint density at radius 1 is 1.44 bits per heavy atom. The van der Waals surface area contributed by atoms with Crippen LogP contribution in [0.5, 0.6) is 0 Å². The lowest BCUT2D eigenvalue weighted by atomic mass is 10.0. The van der Waals surface area contributed by atoms with E-state index in [4.69, 9.17) is 0 Å². The quantitative estimate of drug-likeness (QED) is 0.793. The van der Waals surface area contributed by atoms with E-state index in [1.807, 2.05) is 6.92 Å². The molecule has 1 rings (SSSR count). The number of likely N-dealkylation sites (N-methyl/N-ethyl adjacent to an activating group) is 1. The third-order valence-electron chi connectivity index (χ3n) is 3.52. The molecule has 0 radical (unpaired) electrons. The lowest BCUT2D eigenvalue weighted by Crippen LogP contribution is -2.52. The second kappa shape index (κ2) is 6.22. The van der Waals surface area contributed by atoms with Crippen LogP contribution in [-0.4, -0.2) is 36.1 Å². The lowest BCUT2D eigenvalue weighted by molar-refractivity contribution is 0.174. The summed E-state index contributed by atoms with van der Waals surface area (Å²) in [5.41, 5.74) is -0.395. The maximum Gasteiger partial charge on any atom is 0.116 e. The smallest absolute Gasteiger partial charge is 0.116 e. The van der Waals surface area contributed by atoms with Gasteiger partial charge in [-0.3, -0.25) is 10.2 Å². The molecule has 1 fully saturated rings. The van der Waals surface area contributed by atoms with Crippen molar-refractivity contribution in [1.82, 2.24) is 10.2 Å².